The van der Waals surface area contributed by atoms with E-state index in [1.165, 1.54) is 5.56 Å². The molecule has 126 valence electrons. The van der Waals surface area contributed by atoms with Crippen molar-refractivity contribution in [2.24, 2.45) is 7.05 Å². The molecule has 0 amide bonds. The van der Waals surface area contributed by atoms with Crippen LogP contribution in [0.25, 0.3) is 20.9 Å². The first-order valence-electron chi connectivity index (χ1n) is 7.53. The van der Waals surface area contributed by atoms with E-state index >= 15 is 0 Å². The van der Waals surface area contributed by atoms with E-state index in [0.717, 1.165) is 36.3 Å². The SMILES string of the molecule is Cn1c(SCc2cccc(Br)c2)nnc1-c1sc2ncccc2c1N. The van der Waals surface area contributed by atoms with Gasteiger partial charge in [-0.2, -0.15) is 0 Å². The molecule has 0 fully saturated rings. The molecule has 25 heavy (non-hydrogen) atoms. The minimum absolute atomic E-state index is 0.715. The van der Waals surface area contributed by atoms with Crippen molar-refractivity contribution in [3.8, 4) is 10.7 Å². The minimum Gasteiger partial charge on any atom is -0.397 e. The molecule has 0 saturated heterocycles. The summed E-state index contributed by atoms with van der Waals surface area (Å²) in [5.74, 6) is 1.60. The third-order valence-electron chi connectivity index (χ3n) is 3.80. The van der Waals surface area contributed by atoms with Crippen LogP contribution in [0.1, 0.15) is 5.56 Å². The summed E-state index contributed by atoms with van der Waals surface area (Å²) in [5, 5.41) is 10.5. The summed E-state index contributed by atoms with van der Waals surface area (Å²) in [7, 11) is 1.97. The Bertz CT molecular complexity index is 1060. The summed E-state index contributed by atoms with van der Waals surface area (Å²) >= 11 is 6.70. The fourth-order valence-corrected chi connectivity index (χ4v) is 4.91. The van der Waals surface area contributed by atoms with Crippen LogP contribution in [0.15, 0.2) is 52.2 Å². The molecular formula is C17H14BrN5S2. The second-order valence-electron chi connectivity index (χ2n) is 5.48. The van der Waals surface area contributed by atoms with Crippen LogP contribution in [0, 0.1) is 0 Å². The lowest BCUT2D eigenvalue weighted by molar-refractivity contribution is 0.795. The molecule has 0 aliphatic carbocycles. The lowest BCUT2D eigenvalue weighted by atomic mass is 10.2. The Morgan fingerprint density at radius 2 is 2.12 bits per heavy atom. The molecule has 0 aliphatic rings. The molecule has 0 atom stereocenters. The third-order valence-corrected chi connectivity index (χ3v) is 6.51. The summed E-state index contributed by atoms with van der Waals surface area (Å²) < 4.78 is 3.07. The second-order valence-corrected chi connectivity index (χ2v) is 8.34. The lowest BCUT2D eigenvalue weighted by Crippen LogP contribution is -1.96. The van der Waals surface area contributed by atoms with E-state index in [1.54, 1.807) is 29.3 Å². The van der Waals surface area contributed by atoms with Crippen molar-refractivity contribution < 1.29 is 0 Å². The Kier molecular flexibility index (Phi) is 4.49. The molecule has 0 aliphatic heterocycles. The number of benzene rings is 1. The molecule has 0 saturated carbocycles. The monoisotopic (exact) mass is 431 g/mol. The van der Waals surface area contributed by atoms with Gasteiger partial charge in [0.2, 0.25) is 0 Å². The van der Waals surface area contributed by atoms with Crippen LogP contribution in [0.4, 0.5) is 5.69 Å². The zero-order valence-electron chi connectivity index (χ0n) is 13.3. The van der Waals surface area contributed by atoms with Crippen LogP contribution in [0.2, 0.25) is 0 Å². The largest absolute Gasteiger partial charge is 0.397 e. The molecule has 4 aromatic rings. The predicted molar refractivity (Wildman–Crippen MR) is 108 cm³/mol. The number of fused-ring (bicyclic) bond motifs is 1. The van der Waals surface area contributed by atoms with Crippen molar-refractivity contribution >= 4 is 54.9 Å². The number of anilines is 1. The molecule has 8 heteroatoms. The highest BCUT2D eigenvalue weighted by molar-refractivity contribution is 9.10. The van der Waals surface area contributed by atoms with Crippen LogP contribution < -0.4 is 5.73 Å². The van der Waals surface area contributed by atoms with Crippen molar-refractivity contribution in [1.82, 2.24) is 19.7 Å². The minimum atomic E-state index is 0.715. The Morgan fingerprint density at radius 3 is 2.92 bits per heavy atom. The van der Waals surface area contributed by atoms with Gasteiger partial charge in [-0.25, -0.2) is 4.98 Å². The molecule has 2 N–H and O–H groups in total. The van der Waals surface area contributed by atoms with Gasteiger partial charge in [-0.05, 0) is 29.8 Å². The van der Waals surface area contributed by atoms with E-state index in [0.29, 0.717) is 5.69 Å². The Morgan fingerprint density at radius 1 is 1.24 bits per heavy atom. The van der Waals surface area contributed by atoms with Crippen molar-refractivity contribution in [2.45, 2.75) is 10.9 Å². The van der Waals surface area contributed by atoms with Gasteiger partial charge in [-0.1, -0.05) is 39.8 Å². The van der Waals surface area contributed by atoms with E-state index < -0.39 is 0 Å². The number of pyridine rings is 1. The van der Waals surface area contributed by atoms with Crippen LogP contribution in [-0.2, 0) is 12.8 Å². The quantitative estimate of drug-likeness (QED) is 0.472. The first-order valence-corrected chi connectivity index (χ1v) is 10.1. The Balaban J connectivity index is 1.63. The normalized spacial score (nSPS) is 11.3. The van der Waals surface area contributed by atoms with Crippen LogP contribution in [0.5, 0.6) is 0 Å². The number of nitrogens with two attached hydrogens (primary N) is 1. The van der Waals surface area contributed by atoms with E-state index in [1.807, 2.05) is 35.9 Å². The highest BCUT2D eigenvalue weighted by atomic mass is 79.9. The van der Waals surface area contributed by atoms with Gasteiger partial charge < -0.3 is 10.3 Å². The topological polar surface area (TPSA) is 69.6 Å². The number of rotatable bonds is 4. The Labute approximate surface area is 161 Å². The van der Waals surface area contributed by atoms with Gasteiger partial charge in [0.25, 0.3) is 0 Å². The van der Waals surface area contributed by atoms with Gasteiger partial charge >= 0.3 is 0 Å². The number of thiophene rings is 1. The number of thioether (sulfide) groups is 1. The molecule has 0 unspecified atom stereocenters. The van der Waals surface area contributed by atoms with E-state index in [2.05, 4.69) is 43.2 Å². The van der Waals surface area contributed by atoms with E-state index in [4.69, 9.17) is 5.73 Å². The van der Waals surface area contributed by atoms with Crippen LogP contribution in [-0.4, -0.2) is 19.7 Å². The third kappa shape index (κ3) is 3.17. The van der Waals surface area contributed by atoms with E-state index in [9.17, 15) is 0 Å². The second kappa shape index (κ2) is 6.78. The molecular weight excluding hydrogens is 418 g/mol. The smallest absolute Gasteiger partial charge is 0.191 e. The van der Waals surface area contributed by atoms with Gasteiger partial charge in [0.05, 0.1) is 10.6 Å². The number of nitrogen functional groups attached to an aromatic ring is 1. The van der Waals surface area contributed by atoms with Crippen LogP contribution in [0.3, 0.4) is 0 Å². The summed E-state index contributed by atoms with van der Waals surface area (Å²) in [6.07, 6.45) is 1.78. The fourth-order valence-electron chi connectivity index (χ4n) is 2.53. The summed E-state index contributed by atoms with van der Waals surface area (Å²) in [4.78, 5) is 6.21. The van der Waals surface area contributed by atoms with Gasteiger partial charge in [0.15, 0.2) is 11.0 Å². The number of halogens is 1. The summed E-state index contributed by atoms with van der Waals surface area (Å²) in [5.41, 5.74) is 8.25. The molecule has 4 rings (SSSR count). The average molecular weight is 432 g/mol. The molecule has 3 aromatic heterocycles. The number of hydrogen-bond acceptors (Lipinski definition) is 6. The van der Waals surface area contributed by atoms with Gasteiger partial charge in [0, 0.05) is 28.9 Å². The summed E-state index contributed by atoms with van der Waals surface area (Å²) in [6, 6.07) is 12.1. The summed E-state index contributed by atoms with van der Waals surface area (Å²) in [6.45, 7) is 0. The zero-order valence-corrected chi connectivity index (χ0v) is 16.5. The predicted octanol–water partition coefficient (Wildman–Crippen LogP) is 4.73. The molecule has 0 radical (unpaired) electrons. The lowest BCUT2D eigenvalue weighted by Gasteiger charge is -2.04. The molecule has 5 nitrogen and oxygen atoms in total. The van der Waals surface area contributed by atoms with Crippen molar-refractivity contribution in [3.63, 3.8) is 0 Å². The first kappa shape index (κ1) is 16.6. The number of hydrogen-bond donors (Lipinski definition) is 1. The van der Waals surface area contributed by atoms with Crippen molar-refractivity contribution in [1.29, 1.82) is 0 Å². The van der Waals surface area contributed by atoms with Crippen LogP contribution >= 0.6 is 39.0 Å². The number of aromatic nitrogens is 4. The van der Waals surface area contributed by atoms with Crippen molar-refractivity contribution in [2.75, 3.05) is 5.73 Å². The molecule has 1 aromatic carbocycles. The number of nitrogens with zero attached hydrogens (tertiary/aromatic N) is 4. The van der Waals surface area contributed by atoms with Gasteiger partial charge in [0.1, 0.15) is 4.83 Å². The van der Waals surface area contributed by atoms with Gasteiger partial charge in [-0.3, -0.25) is 0 Å². The maximum absolute atomic E-state index is 6.31. The average Bonchev–Trinajstić information content (AvgIpc) is 3.14. The van der Waals surface area contributed by atoms with E-state index in [-0.39, 0.29) is 0 Å². The molecule has 0 bridgehead atoms. The first-order chi connectivity index (χ1) is 12.1. The standard InChI is InChI=1S/C17H14BrN5S2/c1-23-15(14-13(19)12-6-3-7-20-16(12)25-14)21-22-17(23)24-9-10-4-2-5-11(18)8-10/h2-8H,9,19H2,1H3. The molecule has 0 spiro atoms. The van der Waals surface area contributed by atoms with Crippen molar-refractivity contribution in [3.05, 3.63) is 52.6 Å². The maximum Gasteiger partial charge on any atom is 0.191 e. The zero-order chi connectivity index (χ0) is 17.4. The fraction of sp³-hybridized carbons (Fsp3) is 0.118. The molecule has 3 heterocycles. The van der Waals surface area contributed by atoms with Gasteiger partial charge in [-0.15, -0.1) is 21.5 Å². The Hall–Kier alpha value is -1.90. The maximum atomic E-state index is 6.31. The highest BCUT2D eigenvalue weighted by Gasteiger charge is 2.18. The highest BCUT2D eigenvalue weighted by Crippen LogP contribution is 2.39.